The molecule has 0 aliphatic carbocycles. The van der Waals surface area contributed by atoms with Gasteiger partial charge in [0.15, 0.2) is 0 Å². The Bertz CT molecular complexity index is 1360. The highest BCUT2D eigenvalue weighted by molar-refractivity contribution is 9.10. The second-order valence-corrected chi connectivity index (χ2v) is 10.2. The van der Waals surface area contributed by atoms with Crippen LogP contribution in [0.25, 0.3) is 22.2 Å². The number of hydrogen-bond acceptors (Lipinski definition) is 3. The van der Waals surface area contributed by atoms with Crippen LogP contribution in [0.3, 0.4) is 0 Å². The average Bonchev–Trinajstić information content (AvgIpc) is 2.89. The van der Waals surface area contributed by atoms with Crippen LogP contribution >= 0.6 is 27.5 Å². The van der Waals surface area contributed by atoms with Gasteiger partial charge in [-0.3, -0.25) is 9.69 Å². The molecule has 6 heteroatoms. The normalized spacial score (nSPS) is 14.4. The summed E-state index contributed by atoms with van der Waals surface area (Å²) in [6.07, 6.45) is 0.992. The van der Waals surface area contributed by atoms with Crippen molar-refractivity contribution in [2.75, 3.05) is 26.2 Å². The Morgan fingerprint density at radius 3 is 2.43 bits per heavy atom. The summed E-state index contributed by atoms with van der Waals surface area (Å²) in [5.74, 6) is 0.0549. The lowest BCUT2D eigenvalue weighted by molar-refractivity contribution is 0.0630. The summed E-state index contributed by atoms with van der Waals surface area (Å²) in [5, 5.41) is 1.66. The van der Waals surface area contributed by atoms with Crippen LogP contribution in [0.1, 0.15) is 28.4 Å². The largest absolute Gasteiger partial charge is 0.336 e. The van der Waals surface area contributed by atoms with Crippen molar-refractivity contribution in [3.05, 3.63) is 99.0 Å². The van der Waals surface area contributed by atoms with Gasteiger partial charge < -0.3 is 4.90 Å². The standard InChI is InChI=1S/C29H27BrClN3O/c1-2-20-7-9-21(10-8-20)28-18-25(24-17-23(30)11-12-27(24)32-28)29(35)34-15-13-33(14-16-34)19-22-5-3-4-6-26(22)31/h3-12,17-18H,2,13-16,19H2,1H3. The maximum Gasteiger partial charge on any atom is 0.254 e. The van der Waals surface area contributed by atoms with E-state index in [-0.39, 0.29) is 5.91 Å². The number of aryl methyl sites for hydroxylation is 1. The number of aromatic nitrogens is 1. The molecule has 178 valence electrons. The maximum absolute atomic E-state index is 13.8. The topological polar surface area (TPSA) is 36.4 Å². The SMILES string of the molecule is CCc1ccc(-c2cc(C(=O)N3CCN(Cc4ccccc4Cl)CC3)c3cc(Br)ccc3n2)cc1. The van der Waals surface area contributed by atoms with Crippen LogP contribution in [0.4, 0.5) is 0 Å². The van der Waals surface area contributed by atoms with Crippen molar-refractivity contribution in [3.63, 3.8) is 0 Å². The highest BCUT2D eigenvalue weighted by Crippen LogP contribution is 2.29. The van der Waals surface area contributed by atoms with E-state index < -0.39 is 0 Å². The zero-order valence-electron chi connectivity index (χ0n) is 19.7. The van der Waals surface area contributed by atoms with Crippen molar-refractivity contribution < 1.29 is 4.79 Å². The minimum Gasteiger partial charge on any atom is -0.336 e. The van der Waals surface area contributed by atoms with Crippen LogP contribution in [0.2, 0.25) is 5.02 Å². The van der Waals surface area contributed by atoms with Gasteiger partial charge in [-0.25, -0.2) is 4.98 Å². The maximum atomic E-state index is 13.8. The fourth-order valence-electron chi connectivity index (χ4n) is 4.58. The molecule has 0 unspecified atom stereocenters. The summed E-state index contributed by atoms with van der Waals surface area (Å²) in [7, 11) is 0. The van der Waals surface area contributed by atoms with E-state index in [2.05, 4.69) is 58.1 Å². The fraction of sp³-hybridized carbons (Fsp3) is 0.241. The van der Waals surface area contributed by atoms with Crippen molar-refractivity contribution in [1.82, 2.24) is 14.8 Å². The number of carbonyl (C=O) groups is 1. The van der Waals surface area contributed by atoms with Gasteiger partial charge in [0.25, 0.3) is 5.91 Å². The lowest BCUT2D eigenvalue weighted by atomic mass is 10.0. The Labute approximate surface area is 219 Å². The van der Waals surface area contributed by atoms with Crippen LogP contribution in [-0.2, 0) is 13.0 Å². The van der Waals surface area contributed by atoms with E-state index in [0.717, 1.165) is 63.3 Å². The number of halogens is 2. The first-order valence-corrected chi connectivity index (χ1v) is 13.1. The van der Waals surface area contributed by atoms with Crippen molar-refractivity contribution in [2.24, 2.45) is 0 Å². The molecule has 2 heterocycles. The molecule has 1 aromatic heterocycles. The predicted molar refractivity (Wildman–Crippen MR) is 147 cm³/mol. The molecule has 0 bridgehead atoms. The molecule has 0 saturated carbocycles. The second-order valence-electron chi connectivity index (χ2n) is 8.93. The van der Waals surface area contributed by atoms with Gasteiger partial charge in [-0.15, -0.1) is 0 Å². The average molecular weight is 549 g/mol. The molecule has 3 aromatic carbocycles. The molecule has 1 fully saturated rings. The van der Waals surface area contributed by atoms with Gasteiger partial charge in [0, 0.05) is 53.2 Å². The van der Waals surface area contributed by atoms with Crippen molar-refractivity contribution >= 4 is 44.3 Å². The van der Waals surface area contributed by atoms with Crippen LogP contribution in [-0.4, -0.2) is 46.9 Å². The number of nitrogens with zero attached hydrogens (tertiary/aromatic N) is 3. The van der Waals surface area contributed by atoms with Crippen molar-refractivity contribution in [3.8, 4) is 11.3 Å². The number of fused-ring (bicyclic) bond motifs is 1. The van der Waals surface area contributed by atoms with Crippen LogP contribution in [0.5, 0.6) is 0 Å². The summed E-state index contributed by atoms with van der Waals surface area (Å²) in [4.78, 5) is 23.0. The molecule has 0 spiro atoms. The number of benzene rings is 3. The predicted octanol–water partition coefficient (Wildman–Crippen LogP) is 6.84. The first-order chi connectivity index (χ1) is 17.0. The van der Waals surface area contributed by atoms with E-state index in [9.17, 15) is 4.79 Å². The number of carbonyl (C=O) groups excluding carboxylic acids is 1. The summed E-state index contributed by atoms with van der Waals surface area (Å²) in [6.45, 7) is 5.93. The first-order valence-electron chi connectivity index (χ1n) is 12.0. The van der Waals surface area contributed by atoms with Crippen LogP contribution in [0, 0.1) is 0 Å². The Hall–Kier alpha value is -2.73. The molecule has 35 heavy (non-hydrogen) atoms. The van der Waals surface area contributed by atoms with Gasteiger partial charge in [0.2, 0.25) is 0 Å². The molecule has 5 rings (SSSR count). The van der Waals surface area contributed by atoms with Crippen LogP contribution < -0.4 is 0 Å². The zero-order valence-corrected chi connectivity index (χ0v) is 22.0. The van der Waals surface area contributed by atoms with Gasteiger partial charge >= 0.3 is 0 Å². The number of amides is 1. The molecule has 4 nitrogen and oxygen atoms in total. The van der Waals surface area contributed by atoms with Crippen molar-refractivity contribution in [2.45, 2.75) is 19.9 Å². The molecular formula is C29H27BrClN3O. The van der Waals surface area contributed by atoms with Gasteiger partial charge in [-0.2, -0.15) is 0 Å². The van der Waals surface area contributed by atoms with E-state index in [1.165, 1.54) is 5.56 Å². The van der Waals surface area contributed by atoms with E-state index in [0.29, 0.717) is 18.7 Å². The summed E-state index contributed by atoms with van der Waals surface area (Å²) in [5.41, 5.74) is 5.77. The third kappa shape index (κ3) is 5.27. The smallest absolute Gasteiger partial charge is 0.254 e. The Kier molecular flexibility index (Phi) is 7.19. The molecule has 1 aliphatic heterocycles. The number of pyridine rings is 1. The molecule has 4 aromatic rings. The summed E-state index contributed by atoms with van der Waals surface area (Å²) in [6, 6.07) is 24.3. The Balaban J connectivity index is 1.40. The molecule has 0 atom stereocenters. The summed E-state index contributed by atoms with van der Waals surface area (Å²) >= 11 is 9.92. The lowest BCUT2D eigenvalue weighted by Gasteiger charge is -2.35. The number of hydrogen-bond donors (Lipinski definition) is 0. The highest BCUT2D eigenvalue weighted by atomic mass is 79.9. The molecule has 0 N–H and O–H groups in total. The monoisotopic (exact) mass is 547 g/mol. The fourth-order valence-corrected chi connectivity index (χ4v) is 5.14. The van der Waals surface area contributed by atoms with E-state index in [1.54, 1.807) is 0 Å². The Morgan fingerprint density at radius 2 is 1.71 bits per heavy atom. The van der Waals surface area contributed by atoms with Crippen LogP contribution in [0.15, 0.2) is 77.3 Å². The molecular weight excluding hydrogens is 522 g/mol. The summed E-state index contributed by atoms with van der Waals surface area (Å²) < 4.78 is 0.936. The lowest BCUT2D eigenvalue weighted by Crippen LogP contribution is -2.48. The zero-order chi connectivity index (χ0) is 24.4. The van der Waals surface area contributed by atoms with Crippen molar-refractivity contribution in [1.29, 1.82) is 0 Å². The third-order valence-electron chi connectivity index (χ3n) is 6.67. The molecule has 1 aliphatic rings. The first kappa shape index (κ1) is 24.0. The van der Waals surface area contributed by atoms with Gasteiger partial charge in [0.05, 0.1) is 16.8 Å². The highest BCUT2D eigenvalue weighted by Gasteiger charge is 2.25. The quantitative estimate of drug-likeness (QED) is 0.274. The molecule has 1 amide bonds. The van der Waals surface area contributed by atoms with Gasteiger partial charge in [-0.1, -0.05) is 76.9 Å². The van der Waals surface area contributed by atoms with Gasteiger partial charge in [0.1, 0.15) is 0 Å². The second kappa shape index (κ2) is 10.5. The van der Waals surface area contributed by atoms with E-state index in [1.807, 2.05) is 47.4 Å². The number of rotatable bonds is 5. The minimum atomic E-state index is 0.0549. The third-order valence-corrected chi connectivity index (χ3v) is 7.53. The minimum absolute atomic E-state index is 0.0549. The number of piperazine rings is 1. The Morgan fingerprint density at radius 1 is 0.971 bits per heavy atom. The van der Waals surface area contributed by atoms with Gasteiger partial charge in [-0.05, 0) is 47.9 Å². The van der Waals surface area contributed by atoms with E-state index in [4.69, 9.17) is 16.6 Å². The molecule has 1 saturated heterocycles. The van der Waals surface area contributed by atoms with E-state index >= 15 is 0 Å². The molecule has 0 radical (unpaired) electrons.